The molecule has 0 aromatic carbocycles. The Kier molecular flexibility index (Phi) is 4.04. The zero-order valence-electron chi connectivity index (χ0n) is 9.19. The highest BCUT2D eigenvalue weighted by atomic mass is 16.4. The van der Waals surface area contributed by atoms with Crippen molar-refractivity contribution in [3.8, 4) is 0 Å². The van der Waals surface area contributed by atoms with E-state index in [0.717, 1.165) is 0 Å². The van der Waals surface area contributed by atoms with Crippen molar-refractivity contribution in [3.05, 3.63) is 12.0 Å². The number of oxazole rings is 1. The van der Waals surface area contributed by atoms with E-state index in [4.69, 9.17) is 9.52 Å². The summed E-state index contributed by atoms with van der Waals surface area (Å²) in [4.78, 5) is 25.7. The number of aromatic nitrogens is 1. The second kappa shape index (κ2) is 5.29. The first-order chi connectivity index (χ1) is 7.47. The first kappa shape index (κ1) is 12.2. The molecule has 0 spiro atoms. The van der Waals surface area contributed by atoms with Crippen LogP contribution in [-0.4, -0.2) is 22.0 Å². The Morgan fingerprint density at radius 3 is 2.75 bits per heavy atom. The molecule has 0 bridgehead atoms. The van der Waals surface area contributed by atoms with E-state index in [9.17, 15) is 9.59 Å². The summed E-state index contributed by atoms with van der Waals surface area (Å²) >= 11 is 0. The van der Waals surface area contributed by atoms with Gasteiger partial charge in [-0.25, -0.2) is 0 Å². The van der Waals surface area contributed by atoms with Gasteiger partial charge < -0.3 is 9.52 Å². The van der Waals surface area contributed by atoms with Gasteiger partial charge in [-0.2, -0.15) is 4.98 Å². The van der Waals surface area contributed by atoms with E-state index in [0.29, 0.717) is 5.69 Å². The van der Waals surface area contributed by atoms with Gasteiger partial charge in [0.2, 0.25) is 5.91 Å². The van der Waals surface area contributed by atoms with E-state index in [1.807, 2.05) is 0 Å². The fourth-order valence-corrected chi connectivity index (χ4v) is 1.27. The van der Waals surface area contributed by atoms with Crippen LogP contribution in [0.5, 0.6) is 0 Å². The largest absolute Gasteiger partial charge is 0.481 e. The molecule has 0 radical (unpaired) electrons. The average molecular weight is 226 g/mol. The molecule has 88 valence electrons. The van der Waals surface area contributed by atoms with Gasteiger partial charge in [-0.1, -0.05) is 6.92 Å². The molecule has 6 heteroatoms. The van der Waals surface area contributed by atoms with Crippen molar-refractivity contribution in [1.29, 1.82) is 0 Å². The lowest BCUT2D eigenvalue weighted by molar-refractivity contribution is -0.138. The molecule has 1 heterocycles. The van der Waals surface area contributed by atoms with Crippen molar-refractivity contribution in [2.24, 2.45) is 5.92 Å². The lowest BCUT2D eigenvalue weighted by atomic mass is 10.0. The molecule has 0 aliphatic heterocycles. The third-order valence-electron chi connectivity index (χ3n) is 1.92. The van der Waals surface area contributed by atoms with Crippen LogP contribution < -0.4 is 5.32 Å². The zero-order valence-corrected chi connectivity index (χ0v) is 9.19. The van der Waals surface area contributed by atoms with Crippen LogP contribution in [0, 0.1) is 12.8 Å². The molecule has 1 atom stereocenters. The number of carbonyl (C=O) groups excluding carboxylic acids is 1. The Labute approximate surface area is 92.7 Å². The topological polar surface area (TPSA) is 92.4 Å². The zero-order chi connectivity index (χ0) is 12.1. The van der Waals surface area contributed by atoms with E-state index in [2.05, 4.69) is 10.3 Å². The van der Waals surface area contributed by atoms with E-state index in [-0.39, 0.29) is 30.7 Å². The maximum atomic E-state index is 11.4. The van der Waals surface area contributed by atoms with Gasteiger partial charge in [0.1, 0.15) is 6.26 Å². The van der Waals surface area contributed by atoms with Crippen LogP contribution in [0.15, 0.2) is 10.7 Å². The number of anilines is 1. The SMILES string of the molecule is Cc1coc(NC(=O)CC(C)CC(=O)O)n1. The molecule has 1 amide bonds. The van der Waals surface area contributed by atoms with Crippen LogP contribution in [0.3, 0.4) is 0 Å². The van der Waals surface area contributed by atoms with Gasteiger partial charge >= 0.3 is 12.0 Å². The molecule has 1 aromatic rings. The molecule has 1 rings (SSSR count). The summed E-state index contributed by atoms with van der Waals surface area (Å²) in [5.74, 6) is -1.42. The van der Waals surface area contributed by atoms with Crippen LogP contribution in [0.2, 0.25) is 0 Å². The number of hydrogen-bond acceptors (Lipinski definition) is 4. The Balaban J connectivity index is 2.38. The highest BCUT2D eigenvalue weighted by Gasteiger charge is 2.14. The van der Waals surface area contributed by atoms with Crippen LogP contribution in [-0.2, 0) is 9.59 Å². The molecule has 1 unspecified atom stereocenters. The maximum absolute atomic E-state index is 11.4. The predicted octanol–water partition coefficient (Wildman–Crippen LogP) is 1.42. The fourth-order valence-electron chi connectivity index (χ4n) is 1.27. The second-order valence-corrected chi connectivity index (χ2v) is 3.75. The summed E-state index contributed by atoms with van der Waals surface area (Å²) in [5.41, 5.74) is 0.675. The number of hydrogen-bond donors (Lipinski definition) is 2. The van der Waals surface area contributed by atoms with Crippen LogP contribution >= 0.6 is 0 Å². The van der Waals surface area contributed by atoms with Crippen LogP contribution in [0.25, 0.3) is 0 Å². The molecule has 0 aliphatic rings. The van der Waals surface area contributed by atoms with Gasteiger partial charge in [-0.05, 0) is 12.8 Å². The van der Waals surface area contributed by atoms with Crippen molar-refractivity contribution in [2.45, 2.75) is 26.7 Å². The van der Waals surface area contributed by atoms with Gasteiger partial charge in [0, 0.05) is 12.8 Å². The number of nitrogens with zero attached hydrogens (tertiary/aromatic N) is 1. The van der Waals surface area contributed by atoms with Crippen molar-refractivity contribution < 1.29 is 19.1 Å². The molecule has 0 saturated heterocycles. The molecule has 0 saturated carbocycles. The first-order valence-electron chi connectivity index (χ1n) is 4.91. The molecular weight excluding hydrogens is 212 g/mol. The number of aliphatic carboxylic acids is 1. The smallest absolute Gasteiger partial charge is 0.303 e. The molecule has 1 aromatic heterocycles. The third kappa shape index (κ3) is 4.12. The highest BCUT2D eigenvalue weighted by Crippen LogP contribution is 2.11. The number of amides is 1. The lowest BCUT2D eigenvalue weighted by Gasteiger charge is -2.06. The Morgan fingerprint density at radius 2 is 2.25 bits per heavy atom. The van der Waals surface area contributed by atoms with Gasteiger partial charge in [0.25, 0.3) is 0 Å². The number of carboxylic acids is 1. The third-order valence-corrected chi connectivity index (χ3v) is 1.92. The predicted molar refractivity (Wildman–Crippen MR) is 55.9 cm³/mol. The number of aryl methyl sites for hydroxylation is 1. The standard InChI is InChI=1S/C10H14N2O4/c1-6(4-9(14)15)3-8(13)12-10-11-7(2)5-16-10/h5-6H,3-4H2,1-2H3,(H,14,15)(H,11,12,13). The van der Waals surface area contributed by atoms with Crippen LogP contribution in [0.1, 0.15) is 25.5 Å². The first-order valence-corrected chi connectivity index (χ1v) is 4.91. The molecule has 0 fully saturated rings. The van der Waals surface area contributed by atoms with Gasteiger partial charge in [-0.3, -0.25) is 14.9 Å². The van der Waals surface area contributed by atoms with Crippen LogP contribution in [0.4, 0.5) is 6.01 Å². The average Bonchev–Trinajstić information content (AvgIpc) is 2.48. The minimum Gasteiger partial charge on any atom is -0.481 e. The van der Waals surface area contributed by atoms with Crippen molar-refractivity contribution in [1.82, 2.24) is 4.98 Å². The molecular formula is C10H14N2O4. The number of nitrogens with one attached hydrogen (secondary N) is 1. The lowest BCUT2D eigenvalue weighted by Crippen LogP contribution is -2.17. The molecule has 0 aliphatic carbocycles. The summed E-state index contributed by atoms with van der Waals surface area (Å²) in [6, 6.07) is 0.144. The van der Waals surface area contributed by atoms with Crippen molar-refractivity contribution >= 4 is 17.9 Å². The van der Waals surface area contributed by atoms with Gasteiger partial charge in [0.15, 0.2) is 0 Å². The maximum Gasteiger partial charge on any atom is 0.303 e. The Morgan fingerprint density at radius 1 is 1.56 bits per heavy atom. The number of rotatable bonds is 5. The van der Waals surface area contributed by atoms with Gasteiger partial charge in [-0.15, -0.1) is 0 Å². The highest BCUT2D eigenvalue weighted by molar-refractivity contribution is 5.89. The fraction of sp³-hybridized carbons (Fsp3) is 0.500. The normalized spacial score (nSPS) is 12.1. The Bertz CT molecular complexity index is 386. The number of carboxylic acid groups (broad SMARTS) is 1. The minimum atomic E-state index is -0.910. The molecule has 16 heavy (non-hydrogen) atoms. The second-order valence-electron chi connectivity index (χ2n) is 3.75. The summed E-state index contributed by atoms with van der Waals surface area (Å²) in [7, 11) is 0. The monoisotopic (exact) mass is 226 g/mol. The quantitative estimate of drug-likeness (QED) is 0.792. The number of carbonyl (C=O) groups is 2. The Hall–Kier alpha value is -1.85. The minimum absolute atomic E-state index is 0.0297. The van der Waals surface area contributed by atoms with E-state index < -0.39 is 5.97 Å². The van der Waals surface area contributed by atoms with E-state index in [1.165, 1.54) is 6.26 Å². The van der Waals surface area contributed by atoms with E-state index in [1.54, 1.807) is 13.8 Å². The summed E-state index contributed by atoms with van der Waals surface area (Å²) in [6.07, 6.45) is 1.53. The summed E-state index contributed by atoms with van der Waals surface area (Å²) in [6.45, 7) is 3.45. The molecule has 2 N–H and O–H groups in total. The van der Waals surface area contributed by atoms with Crippen molar-refractivity contribution in [3.63, 3.8) is 0 Å². The van der Waals surface area contributed by atoms with Gasteiger partial charge in [0.05, 0.1) is 5.69 Å². The van der Waals surface area contributed by atoms with E-state index >= 15 is 0 Å². The summed E-state index contributed by atoms with van der Waals surface area (Å²) in [5, 5.41) is 11.0. The molecule has 6 nitrogen and oxygen atoms in total. The van der Waals surface area contributed by atoms with Crippen molar-refractivity contribution in [2.75, 3.05) is 5.32 Å². The summed E-state index contributed by atoms with van der Waals surface area (Å²) < 4.78 is 4.94.